The first-order chi connectivity index (χ1) is 12.4. The third-order valence-electron chi connectivity index (χ3n) is 4.32. The standard InChI is InChI=1S/C17H18BrN3O4S/c18-13-5-7-14(8-6-13)20(15-9-11-19-12-10-15)26(24,25)17-4-2-1-3-16(17)21(22)23/h1-8,15,19H,9-12H2. The average molecular weight is 440 g/mol. The molecule has 0 aromatic heterocycles. The molecule has 0 saturated carbocycles. The fourth-order valence-corrected chi connectivity index (χ4v) is 5.24. The van der Waals surface area contributed by atoms with Crippen LogP contribution in [0.3, 0.4) is 0 Å². The van der Waals surface area contributed by atoms with E-state index in [1.54, 1.807) is 24.3 Å². The highest BCUT2D eigenvalue weighted by Crippen LogP contribution is 2.33. The van der Waals surface area contributed by atoms with Gasteiger partial charge >= 0.3 is 0 Å². The van der Waals surface area contributed by atoms with Crippen LogP contribution in [0.2, 0.25) is 0 Å². The van der Waals surface area contributed by atoms with Gasteiger partial charge in [-0.3, -0.25) is 14.4 Å². The van der Waals surface area contributed by atoms with Crippen molar-refractivity contribution in [2.24, 2.45) is 0 Å². The summed E-state index contributed by atoms with van der Waals surface area (Å²) in [6.07, 6.45) is 1.27. The van der Waals surface area contributed by atoms with E-state index in [9.17, 15) is 18.5 Å². The van der Waals surface area contributed by atoms with Gasteiger partial charge in [-0.25, -0.2) is 8.42 Å². The Morgan fingerprint density at radius 3 is 2.31 bits per heavy atom. The molecule has 0 bridgehead atoms. The molecule has 1 aliphatic rings. The molecule has 1 N–H and O–H groups in total. The predicted molar refractivity (Wildman–Crippen MR) is 103 cm³/mol. The van der Waals surface area contributed by atoms with Gasteiger partial charge in [0, 0.05) is 16.6 Å². The van der Waals surface area contributed by atoms with Crippen molar-refractivity contribution in [1.29, 1.82) is 0 Å². The molecule has 0 radical (unpaired) electrons. The zero-order chi connectivity index (χ0) is 18.7. The zero-order valence-corrected chi connectivity index (χ0v) is 16.2. The van der Waals surface area contributed by atoms with Crippen LogP contribution in [-0.4, -0.2) is 32.5 Å². The lowest BCUT2D eigenvalue weighted by Crippen LogP contribution is -2.46. The summed E-state index contributed by atoms with van der Waals surface area (Å²) in [4.78, 5) is 10.4. The second kappa shape index (κ2) is 7.73. The van der Waals surface area contributed by atoms with E-state index in [0.29, 0.717) is 31.6 Å². The highest BCUT2D eigenvalue weighted by atomic mass is 79.9. The number of para-hydroxylation sites is 1. The number of rotatable bonds is 5. The Morgan fingerprint density at radius 2 is 1.69 bits per heavy atom. The van der Waals surface area contributed by atoms with Crippen LogP contribution in [0.15, 0.2) is 57.9 Å². The number of sulfonamides is 1. The summed E-state index contributed by atoms with van der Waals surface area (Å²) < 4.78 is 29.0. The van der Waals surface area contributed by atoms with Gasteiger partial charge in [-0.1, -0.05) is 28.1 Å². The van der Waals surface area contributed by atoms with Gasteiger partial charge in [-0.2, -0.15) is 0 Å². The SMILES string of the molecule is O=[N+]([O-])c1ccccc1S(=O)(=O)N(c1ccc(Br)cc1)C1CCNCC1. The third kappa shape index (κ3) is 3.74. The molecule has 0 aliphatic carbocycles. The maximum absolute atomic E-state index is 13.4. The number of benzene rings is 2. The van der Waals surface area contributed by atoms with Crippen molar-refractivity contribution in [2.75, 3.05) is 17.4 Å². The molecule has 0 atom stereocenters. The second-order valence-electron chi connectivity index (χ2n) is 5.98. The van der Waals surface area contributed by atoms with Crippen LogP contribution >= 0.6 is 15.9 Å². The van der Waals surface area contributed by atoms with Crippen molar-refractivity contribution in [3.8, 4) is 0 Å². The van der Waals surface area contributed by atoms with E-state index in [2.05, 4.69) is 21.2 Å². The molecule has 1 heterocycles. The molecule has 9 heteroatoms. The first-order valence-electron chi connectivity index (χ1n) is 8.15. The lowest BCUT2D eigenvalue weighted by atomic mass is 10.1. The average Bonchev–Trinajstić information content (AvgIpc) is 2.64. The minimum atomic E-state index is -4.09. The number of piperidine rings is 1. The van der Waals surface area contributed by atoms with Gasteiger partial charge in [0.25, 0.3) is 15.7 Å². The van der Waals surface area contributed by atoms with Crippen LogP contribution in [0.5, 0.6) is 0 Å². The highest BCUT2D eigenvalue weighted by Gasteiger charge is 2.36. The highest BCUT2D eigenvalue weighted by molar-refractivity contribution is 9.10. The lowest BCUT2D eigenvalue weighted by Gasteiger charge is -2.35. The number of nitrogens with one attached hydrogen (secondary N) is 1. The molecule has 0 unspecified atom stereocenters. The van der Waals surface area contributed by atoms with Crippen LogP contribution in [-0.2, 0) is 10.0 Å². The molecule has 2 aromatic carbocycles. The normalized spacial score (nSPS) is 15.6. The Balaban J connectivity index is 2.14. The molecule has 2 aromatic rings. The number of hydrogen-bond acceptors (Lipinski definition) is 5. The molecular weight excluding hydrogens is 422 g/mol. The molecule has 1 saturated heterocycles. The molecule has 26 heavy (non-hydrogen) atoms. The van der Waals surface area contributed by atoms with Crippen molar-refractivity contribution in [1.82, 2.24) is 5.32 Å². The van der Waals surface area contributed by atoms with Crippen LogP contribution < -0.4 is 9.62 Å². The molecular formula is C17H18BrN3O4S. The minimum absolute atomic E-state index is 0.262. The van der Waals surface area contributed by atoms with Crippen LogP contribution in [0.1, 0.15) is 12.8 Å². The number of nitro benzene ring substituents is 1. The lowest BCUT2D eigenvalue weighted by molar-refractivity contribution is -0.387. The third-order valence-corrected chi connectivity index (χ3v) is 6.78. The van der Waals surface area contributed by atoms with Crippen LogP contribution in [0.4, 0.5) is 11.4 Å². The van der Waals surface area contributed by atoms with E-state index >= 15 is 0 Å². The van der Waals surface area contributed by atoms with Crippen molar-refractivity contribution in [3.05, 3.63) is 63.1 Å². The first-order valence-corrected chi connectivity index (χ1v) is 10.4. The number of hydrogen-bond donors (Lipinski definition) is 1. The van der Waals surface area contributed by atoms with Gasteiger partial charge in [-0.05, 0) is 56.3 Å². The summed E-state index contributed by atoms with van der Waals surface area (Å²) in [6, 6.07) is 12.2. The maximum Gasteiger partial charge on any atom is 0.289 e. The molecule has 1 aliphatic heterocycles. The van der Waals surface area contributed by atoms with Crippen LogP contribution in [0.25, 0.3) is 0 Å². The van der Waals surface area contributed by atoms with Crippen molar-refractivity contribution < 1.29 is 13.3 Å². The summed E-state index contributed by atoms with van der Waals surface area (Å²) in [5.41, 5.74) is 0.0850. The summed E-state index contributed by atoms with van der Waals surface area (Å²) in [6.45, 7) is 1.40. The van der Waals surface area contributed by atoms with E-state index in [-0.39, 0.29) is 10.9 Å². The van der Waals surface area contributed by atoms with Crippen LogP contribution in [0, 0.1) is 10.1 Å². The van der Waals surface area contributed by atoms with Crippen molar-refractivity contribution >= 4 is 37.3 Å². The Kier molecular flexibility index (Phi) is 5.59. The Labute approximate surface area is 160 Å². The monoisotopic (exact) mass is 439 g/mol. The van der Waals surface area contributed by atoms with E-state index in [1.165, 1.54) is 28.6 Å². The molecule has 3 rings (SSSR count). The fourth-order valence-electron chi connectivity index (χ4n) is 3.11. The first kappa shape index (κ1) is 18.8. The minimum Gasteiger partial charge on any atom is -0.317 e. The zero-order valence-electron chi connectivity index (χ0n) is 13.8. The quantitative estimate of drug-likeness (QED) is 0.569. The molecule has 1 fully saturated rings. The smallest absolute Gasteiger partial charge is 0.289 e. The molecule has 0 amide bonds. The summed E-state index contributed by atoms with van der Waals surface area (Å²) in [7, 11) is -4.09. The van der Waals surface area contributed by atoms with E-state index in [4.69, 9.17) is 0 Å². The van der Waals surface area contributed by atoms with Crippen molar-refractivity contribution in [3.63, 3.8) is 0 Å². The number of halogens is 1. The summed E-state index contributed by atoms with van der Waals surface area (Å²) in [5.74, 6) is 0. The fraction of sp³-hybridized carbons (Fsp3) is 0.294. The number of anilines is 1. The molecule has 7 nitrogen and oxygen atoms in total. The van der Waals surface area contributed by atoms with Gasteiger partial charge < -0.3 is 5.32 Å². The van der Waals surface area contributed by atoms with Gasteiger partial charge in [0.1, 0.15) is 0 Å². The Bertz CT molecular complexity index is 896. The maximum atomic E-state index is 13.4. The summed E-state index contributed by atoms with van der Waals surface area (Å²) >= 11 is 3.35. The van der Waals surface area contributed by atoms with E-state index in [0.717, 1.165) is 4.47 Å². The Morgan fingerprint density at radius 1 is 1.08 bits per heavy atom. The summed E-state index contributed by atoms with van der Waals surface area (Å²) in [5, 5.41) is 14.6. The topological polar surface area (TPSA) is 92.5 Å². The van der Waals surface area contributed by atoms with E-state index in [1.807, 2.05) is 0 Å². The second-order valence-corrected chi connectivity index (χ2v) is 8.68. The van der Waals surface area contributed by atoms with Gasteiger partial charge in [0.05, 0.1) is 10.6 Å². The molecule has 0 spiro atoms. The van der Waals surface area contributed by atoms with Gasteiger partial charge in [0.15, 0.2) is 4.90 Å². The predicted octanol–water partition coefficient (Wildman–Crippen LogP) is 3.30. The van der Waals surface area contributed by atoms with E-state index < -0.39 is 20.6 Å². The molecule has 138 valence electrons. The number of nitro groups is 1. The van der Waals surface area contributed by atoms with Gasteiger partial charge in [0.2, 0.25) is 0 Å². The van der Waals surface area contributed by atoms with Crippen molar-refractivity contribution in [2.45, 2.75) is 23.8 Å². The number of nitrogens with zero attached hydrogens (tertiary/aromatic N) is 2. The van der Waals surface area contributed by atoms with Gasteiger partial charge in [-0.15, -0.1) is 0 Å². The largest absolute Gasteiger partial charge is 0.317 e. The Hall–Kier alpha value is -1.97.